The third-order valence-electron chi connectivity index (χ3n) is 5.82. The Morgan fingerprint density at radius 3 is 2.52 bits per heavy atom. The fourth-order valence-corrected chi connectivity index (χ4v) is 3.99. The van der Waals surface area contributed by atoms with Gasteiger partial charge in [-0.15, -0.1) is 0 Å². The van der Waals surface area contributed by atoms with Crippen LogP contribution in [0.15, 0.2) is 36.5 Å². The number of piperazine rings is 1. The minimum Gasteiger partial charge on any atom is -0.442 e. The SMILES string of the molecule is CC(=O)NC[C@H]1CN(c2ccc(-c3ccc(N4CCN(C(C)=O)CC4)nc3)c(F)c2)C(=O)O1. The third-order valence-corrected chi connectivity index (χ3v) is 5.82. The van der Waals surface area contributed by atoms with Gasteiger partial charge in [0.25, 0.3) is 0 Å². The number of benzene rings is 1. The largest absolute Gasteiger partial charge is 0.442 e. The molecule has 1 N–H and O–H groups in total. The van der Waals surface area contributed by atoms with Gasteiger partial charge in [-0.25, -0.2) is 14.2 Å². The number of cyclic esters (lactones) is 1. The lowest BCUT2D eigenvalue weighted by molar-refractivity contribution is -0.129. The molecule has 0 aliphatic carbocycles. The molecule has 9 nitrogen and oxygen atoms in total. The van der Waals surface area contributed by atoms with Crippen LogP contribution in [-0.2, 0) is 14.3 Å². The van der Waals surface area contributed by atoms with E-state index >= 15 is 0 Å². The molecule has 0 radical (unpaired) electrons. The van der Waals surface area contributed by atoms with Crippen molar-refractivity contribution < 1.29 is 23.5 Å². The van der Waals surface area contributed by atoms with Gasteiger partial charge >= 0.3 is 6.09 Å². The first-order chi connectivity index (χ1) is 15.8. The van der Waals surface area contributed by atoms with Crippen molar-refractivity contribution in [2.75, 3.05) is 49.1 Å². The number of amides is 3. The number of rotatable bonds is 5. The lowest BCUT2D eigenvalue weighted by Gasteiger charge is -2.34. The van der Waals surface area contributed by atoms with E-state index in [4.69, 9.17) is 4.74 Å². The van der Waals surface area contributed by atoms with Crippen LogP contribution in [0.1, 0.15) is 13.8 Å². The maximum atomic E-state index is 14.9. The minimum absolute atomic E-state index is 0.0716. The molecule has 0 saturated carbocycles. The maximum Gasteiger partial charge on any atom is 0.414 e. The van der Waals surface area contributed by atoms with E-state index in [1.165, 1.54) is 17.9 Å². The summed E-state index contributed by atoms with van der Waals surface area (Å²) in [7, 11) is 0. The molecule has 174 valence electrons. The molecule has 33 heavy (non-hydrogen) atoms. The topological polar surface area (TPSA) is 95.1 Å². The van der Waals surface area contributed by atoms with Crippen molar-refractivity contribution in [3.8, 4) is 11.1 Å². The summed E-state index contributed by atoms with van der Waals surface area (Å²) in [5, 5.41) is 2.61. The molecule has 10 heteroatoms. The van der Waals surface area contributed by atoms with Crippen molar-refractivity contribution in [1.82, 2.24) is 15.2 Å². The number of carbonyl (C=O) groups is 3. The summed E-state index contributed by atoms with van der Waals surface area (Å²) in [5.74, 6) is 0.166. The zero-order chi connectivity index (χ0) is 23.5. The number of aromatic nitrogens is 1. The Bertz CT molecular complexity index is 1050. The summed E-state index contributed by atoms with van der Waals surface area (Å²) >= 11 is 0. The Labute approximate surface area is 191 Å². The molecule has 3 heterocycles. The Kier molecular flexibility index (Phi) is 6.43. The van der Waals surface area contributed by atoms with Crippen LogP contribution in [-0.4, -0.2) is 73.2 Å². The molecule has 0 spiro atoms. The van der Waals surface area contributed by atoms with Crippen molar-refractivity contribution in [3.05, 3.63) is 42.3 Å². The Balaban J connectivity index is 1.43. The van der Waals surface area contributed by atoms with Gasteiger partial charge in [0.15, 0.2) is 0 Å². The van der Waals surface area contributed by atoms with Crippen molar-refractivity contribution in [2.45, 2.75) is 20.0 Å². The van der Waals surface area contributed by atoms with E-state index in [1.807, 2.05) is 12.1 Å². The first-order valence-electron chi connectivity index (χ1n) is 10.8. The standard InChI is InChI=1S/C23H26FN5O4/c1-15(30)25-13-19-14-29(23(32)33-19)18-4-5-20(21(24)11-18)17-3-6-22(26-12-17)28-9-7-27(8-10-28)16(2)31/h3-6,11-12,19H,7-10,13-14H2,1-2H3,(H,25,30)/t19-/m0/s1. The summed E-state index contributed by atoms with van der Waals surface area (Å²) in [6.45, 7) is 6.09. The molecule has 2 saturated heterocycles. The predicted octanol–water partition coefficient (Wildman–Crippen LogP) is 2.02. The van der Waals surface area contributed by atoms with Gasteiger partial charge in [0, 0.05) is 57.4 Å². The zero-order valence-electron chi connectivity index (χ0n) is 18.6. The van der Waals surface area contributed by atoms with Crippen LogP contribution in [0.5, 0.6) is 0 Å². The van der Waals surface area contributed by atoms with Gasteiger partial charge in [0.1, 0.15) is 17.7 Å². The number of halogens is 1. The number of hydrogen-bond donors (Lipinski definition) is 1. The number of carbonyl (C=O) groups excluding carboxylic acids is 3. The molecule has 1 aromatic carbocycles. The second-order valence-corrected chi connectivity index (χ2v) is 8.12. The summed E-state index contributed by atoms with van der Waals surface area (Å²) < 4.78 is 20.2. The number of pyridine rings is 1. The fourth-order valence-electron chi connectivity index (χ4n) is 3.99. The van der Waals surface area contributed by atoms with Crippen LogP contribution in [0, 0.1) is 5.82 Å². The van der Waals surface area contributed by atoms with Crippen molar-refractivity contribution >= 4 is 29.4 Å². The summed E-state index contributed by atoms with van der Waals surface area (Å²) in [4.78, 5) is 44.5. The normalized spacial score (nSPS) is 18.3. The highest BCUT2D eigenvalue weighted by atomic mass is 19.1. The molecule has 3 amide bonds. The second kappa shape index (κ2) is 9.43. The van der Waals surface area contributed by atoms with Crippen LogP contribution in [0.3, 0.4) is 0 Å². The van der Waals surface area contributed by atoms with E-state index in [9.17, 15) is 18.8 Å². The van der Waals surface area contributed by atoms with Gasteiger partial charge in [-0.2, -0.15) is 0 Å². The van der Waals surface area contributed by atoms with Gasteiger partial charge in [-0.3, -0.25) is 14.5 Å². The molecule has 1 atom stereocenters. The Morgan fingerprint density at radius 2 is 1.91 bits per heavy atom. The van der Waals surface area contributed by atoms with E-state index in [0.717, 1.165) is 5.82 Å². The van der Waals surface area contributed by atoms with E-state index in [0.29, 0.717) is 43.0 Å². The quantitative estimate of drug-likeness (QED) is 0.741. The number of hydrogen-bond acceptors (Lipinski definition) is 6. The molecule has 2 aliphatic heterocycles. The molecule has 0 bridgehead atoms. The lowest BCUT2D eigenvalue weighted by Crippen LogP contribution is -2.48. The van der Waals surface area contributed by atoms with Crippen molar-refractivity contribution in [2.24, 2.45) is 0 Å². The molecule has 0 unspecified atom stereocenters. The highest BCUT2D eigenvalue weighted by molar-refractivity contribution is 5.90. The Morgan fingerprint density at radius 1 is 1.15 bits per heavy atom. The third kappa shape index (κ3) is 5.05. The van der Waals surface area contributed by atoms with E-state index in [1.54, 1.807) is 30.2 Å². The highest BCUT2D eigenvalue weighted by Crippen LogP contribution is 2.29. The van der Waals surface area contributed by atoms with Crippen molar-refractivity contribution in [3.63, 3.8) is 0 Å². The average Bonchev–Trinajstić information content (AvgIpc) is 3.18. The monoisotopic (exact) mass is 455 g/mol. The van der Waals surface area contributed by atoms with Gasteiger partial charge in [0.05, 0.1) is 18.8 Å². The van der Waals surface area contributed by atoms with Gasteiger partial charge in [-0.05, 0) is 30.3 Å². The smallest absolute Gasteiger partial charge is 0.414 e. The van der Waals surface area contributed by atoms with Crippen LogP contribution in [0.4, 0.5) is 20.7 Å². The number of nitrogens with zero attached hydrogens (tertiary/aromatic N) is 4. The summed E-state index contributed by atoms with van der Waals surface area (Å²) in [5.41, 5.74) is 1.39. The lowest BCUT2D eigenvalue weighted by atomic mass is 10.1. The molecular weight excluding hydrogens is 429 g/mol. The molecule has 1 aromatic heterocycles. The zero-order valence-corrected chi connectivity index (χ0v) is 18.6. The number of anilines is 2. The van der Waals surface area contributed by atoms with Crippen molar-refractivity contribution in [1.29, 1.82) is 0 Å². The molecule has 2 aliphatic rings. The average molecular weight is 455 g/mol. The van der Waals surface area contributed by atoms with Crippen LogP contribution in [0.25, 0.3) is 11.1 Å². The van der Waals surface area contributed by atoms with E-state index in [2.05, 4.69) is 15.2 Å². The van der Waals surface area contributed by atoms with Crippen LogP contribution in [0.2, 0.25) is 0 Å². The van der Waals surface area contributed by atoms with Gasteiger partial charge in [0.2, 0.25) is 11.8 Å². The summed E-state index contributed by atoms with van der Waals surface area (Å²) in [6.07, 6.45) is 0.560. The number of ether oxygens (including phenoxy) is 1. The molecule has 2 aromatic rings. The first-order valence-corrected chi connectivity index (χ1v) is 10.8. The summed E-state index contributed by atoms with van der Waals surface area (Å²) in [6, 6.07) is 8.23. The molecular formula is C23H26FN5O4. The van der Waals surface area contributed by atoms with Gasteiger partial charge in [-0.1, -0.05) is 0 Å². The fraction of sp³-hybridized carbons (Fsp3) is 0.391. The predicted molar refractivity (Wildman–Crippen MR) is 120 cm³/mol. The second-order valence-electron chi connectivity index (χ2n) is 8.12. The van der Waals surface area contributed by atoms with E-state index < -0.39 is 18.0 Å². The van der Waals surface area contributed by atoms with Gasteiger partial charge < -0.3 is 19.9 Å². The molecule has 4 rings (SSSR count). The highest BCUT2D eigenvalue weighted by Gasteiger charge is 2.32. The van der Waals surface area contributed by atoms with E-state index in [-0.39, 0.29) is 24.9 Å². The Hall–Kier alpha value is -3.69. The minimum atomic E-state index is -0.576. The maximum absolute atomic E-state index is 14.9. The van der Waals surface area contributed by atoms with Crippen LogP contribution >= 0.6 is 0 Å². The van der Waals surface area contributed by atoms with Crippen LogP contribution < -0.4 is 15.1 Å². The number of nitrogens with one attached hydrogen (secondary N) is 1. The molecule has 2 fully saturated rings. The first kappa shape index (κ1) is 22.5.